The van der Waals surface area contributed by atoms with Gasteiger partial charge in [-0.2, -0.15) is 5.10 Å². The number of halogens is 2. The number of carbonyl (C=O) groups is 1. The van der Waals surface area contributed by atoms with Crippen LogP contribution in [-0.4, -0.2) is 49.8 Å². The average Bonchev–Trinajstić information content (AvgIpc) is 3.23. The summed E-state index contributed by atoms with van der Waals surface area (Å²) in [6.07, 6.45) is 2.77. The predicted molar refractivity (Wildman–Crippen MR) is 135 cm³/mol. The topological polar surface area (TPSA) is 151 Å². The summed E-state index contributed by atoms with van der Waals surface area (Å²) in [5.74, 6) is -3.90. The van der Waals surface area contributed by atoms with Crippen LogP contribution >= 0.6 is 0 Å². The highest BCUT2D eigenvalue weighted by Gasteiger charge is 2.26. The first-order valence-electron chi connectivity index (χ1n) is 10.8. The average molecular weight is 550 g/mol. The molecule has 3 N–H and O–H groups in total. The van der Waals surface area contributed by atoms with Crippen molar-refractivity contribution in [1.82, 2.24) is 15.2 Å². The first-order chi connectivity index (χ1) is 17.4. The van der Waals surface area contributed by atoms with Gasteiger partial charge in [0.25, 0.3) is 0 Å². The largest absolute Gasteiger partial charge is 0.287 e. The lowest BCUT2D eigenvalue weighted by atomic mass is 10.0. The van der Waals surface area contributed by atoms with Gasteiger partial charge in [0.1, 0.15) is 11.5 Å². The number of ketones is 1. The van der Waals surface area contributed by atoms with Crippen molar-refractivity contribution in [1.29, 1.82) is 0 Å². The van der Waals surface area contributed by atoms with Crippen LogP contribution in [0.2, 0.25) is 0 Å². The molecule has 0 amide bonds. The molecule has 0 atom stereocenters. The van der Waals surface area contributed by atoms with E-state index in [0.29, 0.717) is 16.8 Å². The Bertz CT molecular complexity index is 1720. The Morgan fingerprint density at radius 2 is 1.70 bits per heavy atom. The van der Waals surface area contributed by atoms with Crippen molar-refractivity contribution in [3.05, 3.63) is 71.6 Å². The number of sulfonamides is 2. The normalized spacial score (nSPS) is 12.0. The smallest absolute Gasteiger partial charge is 0.232 e. The Morgan fingerprint density at radius 1 is 1.00 bits per heavy atom. The molecule has 194 valence electrons. The summed E-state index contributed by atoms with van der Waals surface area (Å²) in [6, 6.07) is 9.58. The van der Waals surface area contributed by atoms with E-state index in [-0.39, 0.29) is 28.9 Å². The number of hydrogen-bond acceptors (Lipinski definition) is 7. The standard InChI is InChI=1S/C23H21F2N5O5S2/c1-3-10-37(34,35)30-18-9-8-17(24)19(20(18)25)22(31)21-16-11-14(12-26-23(16)28-27-21)13-4-6-15(7-5-13)29-36(2,32)33/h4-9,11-12,29-30H,3,10H2,1-2H3,(H,26,27,28). The number of carbonyl (C=O) groups excluding carboxylic acids is 1. The summed E-state index contributed by atoms with van der Waals surface area (Å²) >= 11 is 0. The molecular weight excluding hydrogens is 528 g/mol. The third-order valence-corrected chi connectivity index (χ3v) is 7.30. The molecule has 37 heavy (non-hydrogen) atoms. The zero-order valence-electron chi connectivity index (χ0n) is 19.5. The molecule has 10 nitrogen and oxygen atoms in total. The van der Waals surface area contributed by atoms with E-state index in [9.17, 15) is 26.0 Å². The molecule has 0 fully saturated rings. The fourth-order valence-electron chi connectivity index (χ4n) is 3.63. The van der Waals surface area contributed by atoms with Crippen LogP contribution in [0.4, 0.5) is 20.2 Å². The van der Waals surface area contributed by atoms with Gasteiger partial charge in [-0.1, -0.05) is 19.1 Å². The lowest BCUT2D eigenvalue weighted by Gasteiger charge is -2.11. The fraction of sp³-hybridized carbons (Fsp3) is 0.174. The highest BCUT2D eigenvalue weighted by molar-refractivity contribution is 7.92. The third-order valence-electron chi connectivity index (χ3n) is 5.21. The zero-order valence-corrected chi connectivity index (χ0v) is 21.2. The van der Waals surface area contributed by atoms with Crippen molar-refractivity contribution in [2.24, 2.45) is 0 Å². The number of fused-ring (bicyclic) bond motifs is 1. The SMILES string of the molecule is CCCS(=O)(=O)Nc1ccc(F)c(C(=O)c2[nH]nc3ncc(-c4ccc(NS(C)(=O)=O)cc4)cc23)c1F. The van der Waals surface area contributed by atoms with Gasteiger partial charge in [0.05, 0.1) is 28.6 Å². The molecule has 2 aromatic carbocycles. The molecule has 0 radical (unpaired) electrons. The Labute approximate surface area is 211 Å². The molecule has 0 bridgehead atoms. The predicted octanol–water partition coefficient (Wildman–Crippen LogP) is 3.66. The second-order valence-electron chi connectivity index (χ2n) is 8.18. The molecule has 0 aliphatic rings. The van der Waals surface area contributed by atoms with Crippen LogP contribution < -0.4 is 9.44 Å². The Morgan fingerprint density at radius 3 is 2.35 bits per heavy atom. The number of pyridine rings is 1. The van der Waals surface area contributed by atoms with E-state index >= 15 is 4.39 Å². The highest BCUT2D eigenvalue weighted by Crippen LogP contribution is 2.29. The van der Waals surface area contributed by atoms with Crippen LogP contribution in [-0.2, 0) is 20.0 Å². The number of hydrogen-bond donors (Lipinski definition) is 3. The maximum absolute atomic E-state index is 15.2. The molecular formula is C23H21F2N5O5S2. The monoisotopic (exact) mass is 549 g/mol. The van der Waals surface area contributed by atoms with Crippen LogP contribution in [0.5, 0.6) is 0 Å². The number of anilines is 2. The van der Waals surface area contributed by atoms with Gasteiger partial charge in [0.2, 0.25) is 25.8 Å². The van der Waals surface area contributed by atoms with Gasteiger partial charge in [0, 0.05) is 17.4 Å². The first kappa shape index (κ1) is 26.2. The van der Waals surface area contributed by atoms with E-state index in [1.165, 1.54) is 18.3 Å². The van der Waals surface area contributed by atoms with E-state index < -0.39 is 48.7 Å². The molecule has 0 unspecified atom stereocenters. The Kier molecular flexibility index (Phi) is 6.97. The van der Waals surface area contributed by atoms with Crippen LogP contribution in [0.3, 0.4) is 0 Å². The van der Waals surface area contributed by atoms with Gasteiger partial charge in [-0.3, -0.25) is 19.3 Å². The van der Waals surface area contributed by atoms with Gasteiger partial charge in [0.15, 0.2) is 11.5 Å². The van der Waals surface area contributed by atoms with Crippen molar-refractivity contribution >= 4 is 48.2 Å². The van der Waals surface area contributed by atoms with Crippen molar-refractivity contribution in [2.75, 3.05) is 21.5 Å². The number of aromatic amines is 1. The summed E-state index contributed by atoms with van der Waals surface area (Å²) in [7, 11) is -7.34. The van der Waals surface area contributed by atoms with Crippen molar-refractivity contribution in [2.45, 2.75) is 13.3 Å². The Balaban J connectivity index is 1.72. The molecule has 14 heteroatoms. The van der Waals surface area contributed by atoms with Gasteiger partial charge >= 0.3 is 0 Å². The van der Waals surface area contributed by atoms with Gasteiger partial charge in [-0.05, 0) is 42.3 Å². The second-order valence-corrected chi connectivity index (χ2v) is 11.8. The maximum Gasteiger partial charge on any atom is 0.232 e. The van der Waals surface area contributed by atoms with Crippen molar-refractivity contribution < 1.29 is 30.4 Å². The van der Waals surface area contributed by atoms with Crippen LogP contribution in [0.15, 0.2) is 48.7 Å². The molecule has 0 spiro atoms. The fourth-order valence-corrected chi connectivity index (χ4v) is 5.32. The number of nitrogens with zero attached hydrogens (tertiary/aromatic N) is 2. The molecule has 0 saturated heterocycles. The van der Waals surface area contributed by atoms with Crippen molar-refractivity contribution in [3.8, 4) is 11.1 Å². The van der Waals surface area contributed by atoms with Crippen molar-refractivity contribution in [3.63, 3.8) is 0 Å². The summed E-state index contributed by atoms with van der Waals surface area (Å²) < 4.78 is 81.1. The van der Waals surface area contributed by atoms with Gasteiger partial charge in [-0.15, -0.1) is 0 Å². The molecule has 0 aliphatic heterocycles. The van der Waals surface area contributed by atoms with E-state index in [2.05, 4.69) is 19.9 Å². The number of H-pyrrole nitrogens is 1. The molecule has 0 aliphatic carbocycles. The van der Waals surface area contributed by atoms with E-state index in [1.807, 2.05) is 4.72 Å². The summed E-state index contributed by atoms with van der Waals surface area (Å²) in [4.78, 5) is 17.4. The number of aromatic nitrogens is 3. The summed E-state index contributed by atoms with van der Waals surface area (Å²) in [5, 5.41) is 6.56. The molecule has 4 aromatic rings. The minimum atomic E-state index is -3.89. The van der Waals surface area contributed by atoms with Crippen LogP contribution in [0.25, 0.3) is 22.2 Å². The molecule has 2 heterocycles. The summed E-state index contributed by atoms with van der Waals surface area (Å²) in [5.41, 5.74) is -0.143. The van der Waals surface area contributed by atoms with E-state index in [1.54, 1.807) is 25.1 Å². The number of nitrogens with one attached hydrogen (secondary N) is 3. The number of rotatable bonds is 9. The lowest BCUT2D eigenvalue weighted by Crippen LogP contribution is -2.18. The minimum Gasteiger partial charge on any atom is -0.287 e. The lowest BCUT2D eigenvalue weighted by molar-refractivity contribution is 0.102. The summed E-state index contributed by atoms with van der Waals surface area (Å²) in [6.45, 7) is 1.63. The third kappa shape index (κ3) is 5.75. The minimum absolute atomic E-state index is 0.114. The van der Waals surface area contributed by atoms with Gasteiger partial charge < -0.3 is 0 Å². The zero-order chi connectivity index (χ0) is 27.0. The quantitative estimate of drug-likeness (QED) is 0.270. The van der Waals surface area contributed by atoms with Crippen LogP contribution in [0.1, 0.15) is 29.4 Å². The molecule has 0 saturated carbocycles. The van der Waals surface area contributed by atoms with Gasteiger partial charge in [-0.25, -0.2) is 30.6 Å². The highest BCUT2D eigenvalue weighted by atomic mass is 32.2. The second kappa shape index (κ2) is 9.86. The van der Waals surface area contributed by atoms with Crippen LogP contribution in [0, 0.1) is 11.6 Å². The Hall–Kier alpha value is -3.91. The first-order valence-corrected chi connectivity index (χ1v) is 14.4. The number of benzene rings is 2. The molecule has 2 aromatic heterocycles. The maximum atomic E-state index is 15.2. The molecule has 4 rings (SSSR count). The van der Waals surface area contributed by atoms with E-state index in [0.717, 1.165) is 18.4 Å². The van der Waals surface area contributed by atoms with E-state index in [4.69, 9.17) is 0 Å².